The SMILES string of the molecule is COC(=O)c1ccc([C@H](C)NC(=O)C2(c3ccccc3OCC3CCCCC3)CCCC2)cc1. The van der Waals surface area contributed by atoms with Gasteiger partial charge in [0.2, 0.25) is 5.91 Å². The Morgan fingerprint density at radius 3 is 2.32 bits per heavy atom. The van der Waals surface area contributed by atoms with Crippen LogP contribution in [0.5, 0.6) is 5.75 Å². The smallest absolute Gasteiger partial charge is 0.337 e. The summed E-state index contributed by atoms with van der Waals surface area (Å²) in [6.07, 6.45) is 10.1. The van der Waals surface area contributed by atoms with Crippen molar-refractivity contribution in [3.8, 4) is 5.75 Å². The molecule has 1 atom stereocenters. The van der Waals surface area contributed by atoms with Crippen molar-refractivity contribution in [1.29, 1.82) is 0 Å². The summed E-state index contributed by atoms with van der Waals surface area (Å²) < 4.78 is 11.2. The molecule has 0 bridgehead atoms. The number of para-hydroxylation sites is 1. The number of hydrogen-bond donors (Lipinski definition) is 1. The van der Waals surface area contributed by atoms with Crippen molar-refractivity contribution in [1.82, 2.24) is 5.32 Å². The maximum atomic E-state index is 13.8. The standard InChI is InChI=1S/C29H37NO4/c1-21(23-14-16-24(17-15-23)27(31)33-2)30-28(32)29(18-8-9-19-29)25-12-6-7-13-26(25)34-20-22-10-4-3-5-11-22/h6-7,12-17,21-22H,3-5,8-11,18-20H2,1-2H3,(H,30,32)/t21-/m0/s1. The molecule has 2 aromatic rings. The molecule has 0 aliphatic heterocycles. The fraction of sp³-hybridized carbons (Fsp3) is 0.517. The molecule has 0 unspecified atom stereocenters. The topological polar surface area (TPSA) is 64.6 Å². The van der Waals surface area contributed by atoms with E-state index in [2.05, 4.69) is 11.4 Å². The molecule has 34 heavy (non-hydrogen) atoms. The van der Waals surface area contributed by atoms with Crippen LogP contribution in [0.3, 0.4) is 0 Å². The predicted octanol–water partition coefficient (Wildman–Crippen LogP) is 6.12. The van der Waals surface area contributed by atoms with E-state index in [4.69, 9.17) is 9.47 Å². The molecule has 0 spiro atoms. The van der Waals surface area contributed by atoms with Gasteiger partial charge in [-0.05, 0) is 62.3 Å². The summed E-state index contributed by atoms with van der Waals surface area (Å²) in [5.74, 6) is 1.17. The van der Waals surface area contributed by atoms with Crippen molar-refractivity contribution in [2.75, 3.05) is 13.7 Å². The van der Waals surface area contributed by atoms with Gasteiger partial charge in [0.25, 0.3) is 0 Å². The first-order valence-electron chi connectivity index (χ1n) is 12.7. The van der Waals surface area contributed by atoms with Crippen LogP contribution in [0.15, 0.2) is 48.5 Å². The normalized spacial score (nSPS) is 18.8. The molecule has 182 valence electrons. The second kappa shape index (κ2) is 11.1. The van der Waals surface area contributed by atoms with E-state index in [9.17, 15) is 9.59 Å². The van der Waals surface area contributed by atoms with Crippen molar-refractivity contribution >= 4 is 11.9 Å². The molecule has 2 aliphatic rings. The first-order chi connectivity index (χ1) is 16.5. The van der Waals surface area contributed by atoms with Crippen LogP contribution in [-0.4, -0.2) is 25.6 Å². The molecular formula is C29H37NO4. The molecule has 5 heteroatoms. The minimum Gasteiger partial charge on any atom is -0.493 e. The minimum absolute atomic E-state index is 0.0586. The summed E-state index contributed by atoms with van der Waals surface area (Å²) in [4.78, 5) is 25.5. The van der Waals surface area contributed by atoms with Crippen LogP contribution in [0.4, 0.5) is 0 Å². The van der Waals surface area contributed by atoms with Crippen molar-refractivity contribution < 1.29 is 19.1 Å². The molecule has 0 saturated heterocycles. The van der Waals surface area contributed by atoms with E-state index < -0.39 is 5.41 Å². The van der Waals surface area contributed by atoms with Gasteiger partial charge in [0.15, 0.2) is 0 Å². The van der Waals surface area contributed by atoms with E-state index in [1.54, 1.807) is 12.1 Å². The fourth-order valence-corrected chi connectivity index (χ4v) is 5.59. The van der Waals surface area contributed by atoms with Crippen molar-refractivity contribution in [3.05, 3.63) is 65.2 Å². The Labute approximate surface area is 203 Å². The predicted molar refractivity (Wildman–Crippen MR) is 133 cm³/mol. The molecule has 2 saturated carbocycles. The van der Waals surface area contributed by atoms with E-state index in [0.717, 1.165) is 49.2 Å². The van der Waals surface area contributed by atoms with Crippen LogP contribution >= 0.6 is 0 Å². The van der Waals surface area contributed by atoms with Crippen molar-refractivity contribution in [2.24, 2.45) is 5.92 Å². The zero-order valence-corrected chi connectivity index (χ0v) is 20.5. The van der Waals surface area contributed by atoms with Gasteiger partial charge in [0, 0.05) is 5.56 Å². The first kappa shape index (κ1) is 24.3. The van der Waals surface area contributed by atoms with Crippen LogP contribution in [0.2, 0.25) is 0 Å². The van der Waals surface area contributed by atoms with Crippen LogP contribution in [0.1, 0.15) is 92.2 Å². The molecule has 0 aromatic heterocycles. The number of ether oxygens (including phenoxy) is 2. The van der Waals surface area contributed by atoms with Crippen LogP contribution in [-0.2, 0) is 14.9 Å². The van der Waals surface area contributed by atoms with Gasteiger partial charge in [-0.25, -0.2) is 4.79 Å². The second-order valence-corrected chi connectivity index (χ2v) is 9.91. The zero-order chi connectivity index (χ0) is 24.0. The highest BCUT2D eigenvalue weighted by atomic mass is 16.5. The molecule has 1 amide bonds. The average Bonchev–Trinajstić information content (AvgIpc) is 3.39. The molecule has 0 radical (unpaired) electrons. The Hall–Kier alpha value is -2.82. The number of hydrogen-bond acceptors (Lipinski definition) is 4. The summed E-state index contributed by atoms with van der Waals surface area (Å²) >= 11 is 0. The van der Waals surface area contributed by atoms with Gasteiger partial charge in [0.1, 0.15) is 5.75 Å². The Morgan fingerprint density at radius 1 is 0.971 bits per heavy atom. The van der Waals surface area contributed by atoms with Gasteiger partial charge < -0.3 is 14.8 Å². The number of rotatable bonds is 8. The monoisotopic (exact) mass is 463 g/mol. The van der Waals surface area contributed by atoms with E-state index in [1.807, 2.05) is 37.3 Å². The number of nitrogens with one attached hydrogen (secondary N) is 1. The lowest BCUT2D eigenvalue weighted by Crippen LogP contribution is -2.43. The largest absolute Gasteiger partial charge is 0.493 e. The maximum absolute atomic E-state index is 13.8. The lowest BCUT2D eigenvalue weighted by molar-refractivity contribution is -0.127. The third-order valence-corrected chi connectivity index (χ3v) is 7.67. The van der Waals surface area contributed by atoms with Gasteiger partial charge in [0.05, 0.1) is 30.7 Å². The second-order valence-electron chi connectivity index (χ2n) is 9.91. The zero-order valence-electron chi connectivity index (χ0n) is 20.5. The fourth-order valence-electron chi connectivity index (χ4n) is 5.59. The maximum Gasteiger partial charge on any atom is 0.337 e. The lowest BCUT2D eigenvalue weighted by Gasteiger charge is -2.32. The van der Waals surface area contributed by atoms with E-state index >= 15 is 0 Å². The Morgan fingerprint density at radius 2 is 1.65 bits per heavy atom. The minimum atomic E-state index is -0.566. The summed E-state index contributed by atoms with van der Waals surface area (Å²) in [7, 11) is 1.37. The highest BCUT2D eigenvalue weighted by Gasteiger charge is 2.45. The van der Waals surface area contributed by atoms with Crippen LogP contribution in [0.25, 0.3) is 0 Å². The van der Waals surface area contributed by atoms with Crippen molar-refractivity contribution in [3.63, 3.8) is 0 Å². The summed E-state index contributed by atoms with van der Waals surface area (Å²) in [5.41, 5.74) is 1.91. The molecule has 4 rings (SSSR count). The van der Waals surface area contributed by atoms with Gasteiger partial charge >= 0.3 is 5.97 Å². The number of carbonyl (C=O) groups is 2. The Balaban J connectivity index is 1.50. The van der Waals surface area contributed by atoms with Crippen molar-refractivity contribution in [2.45, 2.75) is 76.2 Å². The van der Waals surface area contributed by atoms with Gasteiger partial charge in [-0.3, -0.25) is 4.79 Å². The first-order valence-corrected chi connectivity index (χ1v) is 12.7. The van der Waals surface area contributed by atoms with Crippen LogP contribution in [0, 0.1) is 5.92 Å². The summed E-state index contributed by atoms with van der Waals surface area (Å²) in [5, 5.41) is 3.26. The number of amides is 1. The van der Waals surface area contributed by atoms with Gasteiger partial charge in [-0.1, -0.05) is 62.4 Å². The number of esters is 1. The lowest BCUT2D eigenvalue weighted by atomic mass is 9.77. The summed E-state index contributed by atoms with van der Waals surface area (Å²) in [6.45, 7) is 2.72. The highest BCUT2D eigenvalue weighted by Crippen LogP contribution is 2.45. The van der Waals surface area contributed by atoms with E-state index in [0.29, 0.717) is 11.5 Å². The third kappa shape index (κ3) is 5.29. The Kier molecular flexibility index (Phi) is 7.91. The summed E-state index contributed by atoms with van der Waals surface area (Å²) in [6, 6.07) is 15.2. The molecule has 1 N–H and O–H groups in total. The van der Waals surface area contributed by atoms with E-state index in [-0.39, 0.29) is 17.9 Å². The Bertz CT molecular complexity index is 972. The van der Waals surface area contributed by atoms with Crippen LogP contribution < -0.4 is 10.1 Å². The highest BCUT2D eigenvalue weighted by molar-refractivity contribution is 5.90. The number of carbonyl (C=O) groups excluding carboxylic acids is 2. The number of methoxy groups -OCH3 is 1. The quantitative estimate of drug-likeness (QED) is 0.479. The molecule has 2 aliphatic carbocycles. The molecule has 0 heterocycles. The molecule has 2 fully saturated rings. The molecule has 2 aromatic carbocycles. The van der Waals surface area contributed by atoms with Gasteiger partial charge in [-0.2, -0.15) is 0 Å². The van der Waals surface area contributed by atoms with E-state index in [1.165, 1.54) is 39.2 Å². The van der Waals surface area contributed by atoms with Gasteiger partial charge in [-0.15, -0.1) is 0 Å². The average molecular weight is 464 g/mol. The third-order valence-electron chi connectivity index (χ3n) is 7.67. The number of benzene rings is 2. The molecular weight excluding hydrogens is 426 g/mol. The molecule has 5 nitrogen and oxygen atoms in total.